The Bertz CT molecular complexity index is 344. The van der Waals surface area contributed by atoms with Crippen molar-refractivity contribution in [1.82, 2.24) is 4.90 Å². The fourth-order valence-electron chi connectivity index (χ4n) is 2.43. The fraction of sp³-hybridized carbons (Fsp3) is 0.652. The van der Waals surface area contributed by atoms with E-state index >= 15 is 0 Å². The second-order valence-electron chi connectivity index (χ2n) is 5.17. The van der Waals surface area contributed by atoms with Crippen molar-refractivity contribution in [3.8, 4) is 12.8 Å². The third-order valence-corrected chi connectivity index (χ3v) is 3.51. The predicted molar refractivity (Wildman–Crippen MR) is 114 cm³/mol. The fourth-order valence-corrected chi connectivity index (χ4v) is 2.43. The maximum atomic E-state index is 4.00. The molecule has 24 heavy (non-hydrogen) atoms. The lowest BCUT2D eigenvalue weighted by molar-refractivity contribution is 0.0991. The lowest BCUT2D eigenvalue weighted by atomic mass is 9.91. The zero-order valence-corrected chi connectivity index (χ0v) is 17.7. The largest absolute Gasteiger partial charge is 0.303 e. The van der Waals surface area contributed by atoms with E-state index in [1.54, 1.807) is 0 Å². The summed E-state index contributed by atoms with van der Waals surface area (Å²) in [4.78, 5) is 2.59. The van der Waals surface area contributed by atoms with E-state index < -0.39 is 0 Å². The second kappa shape index (κ2) is 21.7. The molecule has 0 amide bonds. The van der Waals surface area contributed by atoms with E-state index in [0.29, 0.717) is 0 Å². The van der Waals surface area contributed by atoms with Crippen molar-refractivity contribution in [2.24, 2.45) is 5.92 Å². The number of benzene rings is 1. The van der Waals surface area contributed by atoms with Crippen molar-refractivity contribution < 1.29 is 0 Å². The molecule has 1 heteroatoms. The first kappa shape index (κ1) is 27.6. The molecule has 0 radical (unpaired) electrons. The molecule has 0 N–H and O–H groups in total. The molecule has 1 aliphatic heterocycles. The minimum atomic E-state index is 0.902. The van der Waals surface area contributed by atoms with Crippen LogP contribution in [0.4, 0.5) is 0 Å². The minimum absolute atomic E-state index is 0.902. The van der Waals surface area contributed by atoms with Gasteiger partial charge in [0.25, 0.3) is 0 Å². The Hall–Kier alpha value is -1.26. The molecule has 0 spiro atoms. The van der Waals surface area contributed by atoms with E-state index in [1.807, 2.05) is 41.5 Å². The first-order valence-corrected chi connectivity index (χ1v) is 9.89. The molecule has 0 unspecified atom stereocenters. The van der Waals surface area contributed by atoms with Crippen molar-refractivity contribution in [1.29, 1.82) is 0 Å². The molecule has 0 aliphatic carbocycles. The molecule has 140 valence electrons. The minimum Gasteiger partial charge on any atom is -0.303 e. The highest BCUT2D eigenvalue weighted by atomic mass is 15.2. The van der Waals surface area contributed by atoms with E-state index in [2.05, 4.69) is 55.9 Å². The van der Waals surface area contributed by atoms with Crippen molar-refractivity contribution in [2.45, 2.75) is 74.7 Å². The lowest BCUT2D eigenvalue weighted by Gasteiger charge is -2.39. The van der Waals surface area contributed by atoms with Crippen LogP contribution in [-0.4, -0.2) is 24.5 Å². The van der Waals surface area contributed by atoms with Crippen molar-refractivity contribution in [2.75, 3.05) is 19.6 Å². The van der Waals surface area contributed by atoms with Crippen molar-refractivity contribution in [3.63, 3.8) is 0 Å². The molecule has 1 aliphatic rings. The summed E-state index contributed by atoms with van der Waals surface area (Å²) in [6.45, 7) is 20.4. The van der Waals surface area contributed by atoms with Crippen molar-refractivity contribution in [3.05, 3.63) is 35.4 Å². The Morgan fingerprint density at radius 3 is 1.79 bits per heavy atom. The Morgan fingerprint density at radius 2 is 1.38 bits per heavy atom. The number of rotatable bonds is 5. The van der Waals surface area contributed by atoms with Crippen LogP contribution in [0, 0.1) is 25.7 Å². The highest BCUT2D eigenvalue weighted by molar-refractivity contribution is 5.22. The molecule has 0 aromatic heterocycles. The molecule has 1 heterocycles. The number of nitrogens with zero attached hydrogens (tertiary/aromatic N) is 1. The summed E-state index contributed by atoms with van der Waals surface area (Å²) in [5, 5.41) is 0. The SMILES string of the molecule is C#C.CC.CC.CC.CCCCN1CC(Cc2ccc(C)cc2)C1. The van der Waals surface area contributed by atoms with Gasteiger partial charge in [0.05, 0.1) is 0 Å². The Kier molecular flexibility index (Phi) is 25.0. The first-order chi connectivity index (χ1) is 11.8. The number of hydrogen-bond donors (Lipinski definition) is 0. The molecule has 1 fully saturated rings. The number of terminal acetylenes is 1. The standard InChI is InChI=1S/C15H23N.3C2H6.C2H2/c1-3-4-9-16-11-15(12-16)10-14-7-5-13(2)6-8-14;4*1-2/h5-8,15H,3-4,9-12H2,1-2H3;3*1-2H3;1-2H. The smallest absolute Gasteiger partial charge is 0.00252 e. The van der Waals surface area contributed by atoms with Crippen molar-refractivity contribution >= 4 is 0 Å². The van der Waals surface area contributed by atoms with Gasteiger partial charge in [-0.1, -0.05) is 84.7 Å². The average molecular weight is 334 g/mol. The highest BCUT2D eigenvalue weighted by Gasteiger charge is 2.25. The van der Waals surface area contributed by atoms with Crippen LogP contribution >= 0.6 is 0 Å². The number of aryl methyl sites for hydroxylation is 1. The van der Waals surface area contributed by atoms with E-state index in [4.69, 9.17) is 0 Å². The van der Waals surface area contributed by atoms with E-state index in [0.717, 1.165) is 5.92 Å². The third-order valence-electron chi connectivity index (χ3n) is 3.51. The van der Waals surface area contributed by atoms with Gasteiger partial charge in [-0.3, -0.25) is 0 Å². The normalized spacial score (nSPS) is 12.4. The summed E-state index contributed by atoms with van der Waals surface area (Å²) in [6.07, 6.45) is 11.9. The average Bonchev–Trinajstić information content (AvgIpc) is 2.65. The Labute approximate surface area is 153 Å². The zero-order chi connectivity index (χ0) is 19.4. The number of likely N-dealkylation sites (tertiary alicyclic amines) is 1. The van der Waals surface area contributed by atoms with Crippen LogP contribution in [0.1, 0.15) is 72.4 Å². The van der Waals surface area contributed by atoms with Gasteiger partial charge in [-0.2, -0.15) is 0 Å². The Morgan fingerprint density at radius 1 is 0.917 bits per heavy atom. The monoisotopic (exact) mass is 333 g/mol. The van der Waals surface area contributed by atoms with E-state index in [1.165, 1.54) is 50.0 Å². The summed E-state index contributed by atoms with van der Waals surface area (Å²) in [6, 6.07) is 9.01. The summed E-state index contributed by atoms with van der Waals surface area (Å²) in [5.41, 5.74) is 2.87. The summed E-state index contributed by atoms with van der Waals surface area (Å²) < 4.78 is 0. The quantitative estimate of drug-likeness (QED) is 0.549. The van der Waals surface area contributed by atoms with Crippen LogP contribution in [0.25, 0.3) is 0 Å². The van der Waals surface area contributed by atoms with Crippen LogP contribution in [-0.2, 0) is 6.42 Å². The molecule has 0 bridgehead atoms. The van der Waals surface area contributed by atoms with Gasteiger partial charge in [0, 0.05) is 13.1 Å². The van der Waals surface area contributed by atoms with Gasteiger partial charge in [0.2, 0.25) is 0 Å². The molecule has 0 saturated carbocycles. The van der Waals surface area contributed by atoms with Gasteiger partial charge < -0.3 is 4.90 Å². The molecular formula is C23H43N. The van der Waals surface area contributed by atoms with Gasteiger partial charge in [-0.15, -0.1) is 12.8 Å². The Balaban J connectivity index is -0.000000484. The molecule has 1 aromatic rings. The van der Waals surface area contributed by atoms with Gasteiger partial charge in [-0.05, 0) is 37.8 Å². The highest BCUT2D eigenvalue weighted by Crippen LogP contribution is 2.20. The van der Waals surface area contributed by atoms with Crippen LogP contribution in [0.3, 0.4) is 0 Å². The van der Waals surface area contributed by atoms with Gasteiger partial charge in [-0.25, -0.2) is 0 Å². The summed E-state index contributed by atoms with van der Waals surface area (Å²) >= 11 is 0. The summed E-state index contributed by atoms with van der Waals surface area (Å²) in [7, 11) is 0. The molecule has 1 aromatic carbocycles. The second-order valence-corrected chi connectivity index (χ2v) is 5.17. The van der Waals surface area contributed by atoms with Crippen LogP contribution in [0.5, 0.6) is 0 Å². The lowest BCUT2D eigenvalue weighted by Crippen LogP contribution is -2.47. The van der Waals surface area contributed by atoms with Crippen LogP contribution < -0.4 is 0 Å². The maximum Gasteiger partial charge on any atom is 0.00252 e. The third kappa shape index (κ3) is 13.2. The molecule has 2 rings (SSSR count). The zero-order valence-electron chi connectivity index (χ0n) is 17.7. The molecule has 0 atom stereocenters. The first-order valence-electron chi connectivity index (χ1n) is 9.89. The van der Waals surface area contributed by atoms with Gasteiger partial charge in [0.15, 0.2) is 0 Å². The van der Waals surface area contributed by atoms with E-state index in [-0.39, 0.29) is 0 Å². The predicted octanol–water partition coefficient (Wildman–Crippen LogP) is 6.60. The maximum absolute atomic E-state index is 4.00. The van der Waals surface area contributed by atoms with E-state index in [9.17, 15) is 0 Å². The molecule has 1 saturated heterocycles. The van der Waals surface area contributed by atoms with Crippen LogP contribution in [0.15, 0.2) is 24.3 Å². The summed E-state index contributed by atoms with van der Waals surface area (Å²) in [5.74, 6) is 0.902. The van der Waals surface area contributed by atoms with Gasteiger partial charge >= 0.3 is 0 Å². The number of unbranched alkanes of at least 4 members (excludes halogenated alkanes) is 1. The molecular weight excluding hydrogens is 290 g/mol. The van der Waals surface area contributed by atoms with Gasteiger partial charge in [0.1, 0.15) is 0 Å². The number of hydrogen-bond acceptors (Lipinski definition) is 1. The molecule has 1 nitrogen and oxygen atoms in total. The van der Waals surface area contributed by atoms with Crippen LogP contribution in [0.2, 0.25) is 0 Å². The topological polar surface area (TPSA) is 3.24 Å².